The number of fused-ring (bicyclic) bond motifs is 1. The number of carbonyl (C=O) groups is 1. The monoisotopic (exact) mass is 554 g/mol. The van der Waals surface area contributed by atoms with Gasteiger partial charge in [-0.25, -0.2) is 22.3 Å². The summed E-state index contributed by atoms with van der Waals surface area (Å²) in [7, 11) is -3.80. The molecule has 1 aromatic heterocycles. The van der Waals surface area contributed by atoms with Crippen LogP contribution in [0, 0.1) is 5.82 Å². The van der Waals surface area contributed by atoms with Crippen LogP contribution in [0.3, 0.4) is 0 Å². The highest BCUT2D eigenvalue weighted by Crippen LogP contribution is 2.39. The molecule has 2 atom stereocenters. The van der Waals surface area contributed by atoms with Gasteiger partial charge in [-0.1, -0.05) is 19.4 Å². The van der Waals surface area contributed by atoms with Crippen molar-refractivity contribution in [2.45, 2.75) is 55.8 Å². The lowest BCUT2D eigenvalue weighted by molar-refractivity contribution is -0.149. The summed E-state index contributed by atoms with van der Waals surface area (Å²) in [6.45, 7) is 1.81. The summed E-state index contributed by atoms with van der Waals surface area (Å²) in [5, 5.41) is 16.8. The number of aromatic hydroxyl groups is 1. The van der Waals surface area contributed by atoms with Gasteiger partial charge in [0.05, 0.1) is 29.3 Å². The molecule has 0 saturated heterocycles. The Kier molecular flexibility index (Phi) is 7.42. The van der Waals surface area contributed by atoms with Crippen LogP contribution in [0.1, 0.15) is 43.5 Å². The van der Waals surface area contributed by atoms with Crippen molar-refractivity contribution in [1.29, 1.82) is 0 Å². The maximum absolute atomic E-state index is 14.1. The second kappa shape index (κ2) is 10.3. The van der Waals surface area contributed by atoms with E-state index in [1.807, 2.05) is 0 Å². The zero-order valence-corrected chi connectivity index (χ0v) is 21.4. The number of aromatic nitrogens is 2. The SMILES string of the molecule is CCCC(NC(=O)N1c2cnn(-c3ccc(F)cc3)c2CCC1C(F)(F)F)c1ccc(O)c(S(C)(=O)=O)c1. The number of benzene rings is 2. The lowest BCUT2D eigenvalue weighted by Crippen LogP contribution is -2.55. The van der Waals surface area contributed by atoms with Crippen LogP contribution in [0.15, 0.2) is 53.6 Å². The van der Waals surface area contributed by atoms with Gasteiger partial charge in [-0.2, -0.15) is 18.3 Å². The van der Waals surface area contributed by atoms with Gasteiger partial charge in [0, 0.05) is 6.26 Å². The molecule has 8 nitrogen and oxygen atoms in total. The Morgan fingerprint density at radius 1 is 1.21 bits per heavy atom. The zero-order valence-electron chi connectivity index (χ0n) is 20.5. The number of amides is 2. The highest BCUT2D eigenvalue weighted by Gasteiger charge is 2.49. The van der Waals surface area contributed by atoms with Gasteiger partial charge in [0.15, 0.2) is 9.84 Å². The van der Waals surface area contributed by atoms with Crippen molar-refractivity contribution in [1.82, 2.24) is 15.1 Å². The molecule has 1 aliphatic rings. The minimum Gasteiger partial charge on any atom is -0.507 e. The standard InChI is InChI=1S/C25H26F4N4O4S/c1-3-4-18(15-5-11-21(34)22(13-15)38(2,36)37)31-24(35)32-20-14-30-33(17-8-6-16(26)7-9-17)19(20)10-12-23(32)25(27,28)29/h5-9,11,13-14,18,23,34H,3-4,10,12H2,1-2H3,(H,31,35). The number of urea groups is 1. The van der Waals surface area contributed by atoms with E-state index in [9.17, 15) is 35.9 Å². The Labute approximate surface area is 216 Å². The van der Waals surface area contributed by atoms with Gasteiger partial charge in [0.2, 0.25) is 0 Å². The first kappa shape index (κ1) is 27.4. The van der Waals surface area contributed by atoms with Crippen LogP contribution in [-0.2, 0) is 16.3 Å². The molecule has 0 radical (unpaired) electrons. The largest absolute Gasteiger partial charge is 0.507 e. The van der Waals surface area contributed by atoms with E-state index in [0.717, 1.165) is 6.26 Å². The van der Waals surface area contributed by atoms with Crippen molar-refractivity contribution in [2.24, 2.45) is 0 Å². The van der Waals surface area contributed by atoms with E-state index in [4.69, 9.17) is 0 Å². The summed E-state index contributed by atoms with van der Waals surface area (Å²) >= 11 is 0. The molecule has 2 heterocycles. The summed E-state index contributed by atoms with van der Waals surface area (Å²) in [4.78, 5) is 13.8. The number of anilines is 1. The number of nitrogens with zero attached hydrogens (tertiary/aromatic N) is 3. The van der Waals surface area contributed by atoms with Crippen molar-refractivity contribution in [3.8, 4) is 11.4 Å². The number of phenolic OH excluding ortho intramolecular Hbond substituents is 1. The van der Waals surface area contributed by atoms with E-state index in [-0.39, 0.29) is 17.0 Å². The first-order valence-electron chi connectivity index (χ1n) is 11.8. The third kappa shape index (κ3) is 5.47. The van der Waals surface area contributed by atoms with Gasteiger partial charge in [0.1, 0.15) is 22.5 Å². The van der Waals surface area contributed by atoms with Crippen molar-refractivity contribution in [3.63, 3.8) is 0 Å². The predicted octanol–water partition coefficient (Wildman–Crippen LogP) is 5.06. The number of carbonyl (C=O) groups excluding carboxylic acids is 1. The molecule has 0 bridgehead atoms. The lowest BCUT2D eigenvalue weighted by atomic mass is 9.99. The molecular formula is C25H26F4N4O4S. The third-order valence-electron chi connectivity index (χ3n) is 6.40. The molecule has 0 fully saturated rings. The maximum Gasteiger partial charge on any atom is 0.409 e. The predicted molar refractivity (Wildman–Crippen MR) is 132 cm³/mol. The summed E-state index contributed by atoms with van der Waals surface area (Å²) in [6, 6.07) is 5.09. The van der Waals surface area contributed by atoms with E-state index in [0.29, 0.717) is 34.7 Å². The molecular weight excluding hydrogens is 528 g/mol. The number of phenols is 1. The molecule has 2 amide bonds. The Bertz CT molecular complexity index is 1440. The molecule has 204 valence electrons. The lowest BCUT2D eigenvalue weighted by Gasteiger charge is -2.37. The second-order valence-electron chi connectivity index (χ2n) is 9.12. The van der Waals surface area contributed by atoms with Gasteiger partial charge in [-0.3, -0.25) is 4.90 Å². The van der Waals surface area contributed by atoms with Crippen LogP contribution in [-0.4, -0.2) is 47.8 Å². The summed E-state index contributed by atoms with van der Waals surface area (Å²) in [5.74, 6) is -0.952. The Balaban J connectivity index is 1.72. The van der Waals surface area contributed by atoms with Crippen molar-refractivity contribution in [3.05, 3.63) is 65.7 Å². The highest BCUT2D eigenvalue weighted by atomic mass is 32.2. The van der Waals surface area contributed by atoms with E-state index in [1.165, 1.54) is 53.3 Å². The number of halogens is 4. The smallest absolute Gasteiger partial charge is 0.409 e. The Morgan fingerprint density at radius 3 is 2.50 bits per heavy atom. The molecule has 2 N–H and O–H groups in total. The second-order valence-corrected chi connectivity index (χ2v) is 11.1. The normalized spacial score (nSPS) is 16.7. The fourth-order valence-electron chi connectivity index (χ4n) is 4.61. The fourth-order valence-corrected chi connectivity index (χ4v) is 5.41. The summed E-state index contributed by atoms with van der Waals surface area (Å²) in [5.41, 5.74) is 1.09. The van der Waals surface area contributed by atoms with Gasteiger partial charge < -0.3 is 10.4 Å². The third-order valence-corrected chi connectivity index (χ3v) is 7.53. The average Bonchev–Trinajstić information content (AvgIpc) is 3.27. The Morgan fingerprint density at radius 2 is 1.89 bits per heavy atom. The molecule has 2 aromatic carbocycles. The molecule has 0 aliphatic carbocycles. The summed E-state index contributed by atoms with van der Waals surface area (Å²) < 4.78 is 81.1. The molecule has 0 spiro atoms. The van der Waals surface area contributed by atoms with Crippen molar-refractivity contribution < 1.29 is 35.9 Å². The van der Waals surface area contributed by atoms with Crippen LogP contribution < -0.4 is 10.2 Å². The number of alkyl halides is 3. The maximum atomic E-state index is 14.1. The molecule has 2 unspecified atom stereocenters. The molecule has 0 saturated carbocycles. The fraction of sp³-hybridized carbons (Fsp3) is 0.360. The van der Waals surface area contributed by atoms with Crippen molar-refractivity contribution >= 4 is 21.6 Å². The molecule has 13 heteroatoms. The van der Waals surface area contributed by atoms with Crippen LogP contribution >= 0.6 is 0 Å². The quantitative estimate of drug-likeness (QED) is 0.415. The number of hydrogen-bond donors (Lipinski definition) is 2. The molecule has 4 rings (SSSR count). The number of rotatable bonds is 6. The van der Waals surface area contributed by atoms with Crippen LogP contribution in [0.4, 0.5) is 28.0 Å². The first-order chi connectivity index (χ1) is 17.8. The summed E-state index contributed by atoms with van der Waals surface area (Å²) in [6.07, 6.45) is -2.24. The van der Waals surface area contributed by atoms with Crippen LogP contribution in [0.5, 0.6) is 5.75 Å². The number of nitrogens with one attached hydrogen (secondary N) is 1. The number of hydrogen-bond acceptors (Lipinski definition) is 5. The Hall–Kier alpha value is -3.61. The van der Waals surface area contributed by atoms with E-state index < -0.39 is 52.1 Å². The van der Waals surface area contributed by atoms with Gasteiger partial charge in [-0.15, -0.1) is 0 Å². The molecule has 38 heavy (non-hydrogen) atoms. The molecule has 3 aromatic rings. The van der Waals surface area contributed by atoms with Gasteiger partial charge in [0.25, 0.3) is 0 Å². The van der Waals surface area contributed by atoms with Crippen molar-refractivity contribution in [2.75, 3.05) is 11.2 Å². The minimum absolute atomic E-state index is 0.0191. The highest BCUT2D eigenvalue weighted by molar-refractivity contribution is 7.90. The minimum atomic E-state index is -4.73. The van der Waals surface area contributed by atoms with Gasteiger partial charge in [-0.05, 0) is 61.2 Å². The topological polar surface area (TPSA) is 105 Å². The number of sulfone groups is 1. The van der Waals surface area contributed by atoms with E-state index in [1.54, 1.807) is 6.92 Å². The van der Waals surface area contributed by atoms with E-state index in [2.05, 4.69) is 10.4 Å². The first-order valence-corrected chi connectivity index (χ1v) is 13.7. The van der Waals surface area contributed by atoms with Gasteiger partial charge >= 0.3 is 12.2 Å². The van der Waals surface area contributed by atoms with Crippen LogP contribution in [0.25, 0.3) is 5.69 Å². The molecule has 1 aliphatic heterocycles. The zero-order chi connectivity index (χ0) is 27.8. The van der Waals surface area contributed by atoms with Crippen LogP contribution in [0.2, 0.25) is 0 Å². The van der Waals surface area contributed by atoms with E-state index >= 15 is 0 Å². The average molecular weight is 555 g/mol.